The molecule has 1 N–H and O–H groups in total. The first-order valence-electron chi connectivity index (χ1n) is 7.43. The Hall–Kier alpha value is -2.15. The second-order valence-corrected chi connectivity index (χ2v) is 5.65. The molecule has 118 valence electrons. The molecule has 1 aliphatic rings. The van der Waals surface area contributed by atoms with Crippen LogP contribution in [0.25, 0.3) is 0 Å². The third kappa shape index (κ3) is 2.76. The number of rotatable bonds is 4. The number of aromatic nitrogens is 3. The molecule has 1 fully saturated rings. The van der Waals surface area contributed by atoms with Crippen LogP contribution < -0.4 is 0 Å². The molecular weight excluding hydrogens is 284 g/mol. The number of hydrogen-bond acceptors (Lipinski definition) is 5. The van der Waals surface area contributed by atoms with Gasteiger partial charge in [0.2, 0.25) is 0 Å². The highest BCUT2D eigenvalue weighted by molar-refractivity contribution is 5.92. The van der Waals surface area contributed by atoms with E-state index in [1.165, 1.54) is 6.26 Å². The highest BCUT2D eigenvalue weighted by atomic mass is 16.3. The minimum atomic E-state index is -0.0918. The molecule has 0 radical (unpaired) electrons. The molecule has 1 unspecified atom stereocenters. The van der Waals surface area contributed by atoms with Gasteiger partial charge in [-0.05, 0) is 12.5 Å². The smallest absolute Gasteiger partial charge is 0.275 e. The molecular formula is C15H20N4O3. The predicted molar refractivity (Wildman–Crippen MR) is 78.5 cm³/mol. The topological polar surface area (TPSA) is 84.4 Å². The van der Waals surface area contributed by atoms with E-state index in [4.69, 9.17) is 9.52 Å². The lowest BCUT2D eigenvalue weighted by Crippen LogP contribution is -2.28. The van der Waals surface area contributed by atoms with Crippen molar-refractivity contribution in [3.63, 3.8) is 0 Å². The highest BCUT2D eigenvalue weighted by Crippen LogP contribution is 2.27. The van der Waals surface area contributed by atoms with Gasteiger partial charge in [0, 0.05) is 51.7 Å². The summed E-state index contributed by atoms with van der Waals surface area (Å²) in [4.78, 5) is 18.2. The molecule has 3 rings (SSSR count). The number of hydrogen-bond donors (Lipinski definition) is 1. The van der Waals surface area contributed by atoms with Gasteiger partial charge in [-0.15, -0.1) is 0 Å². The first kappa shape index (κ1) is 14.8. The van der Waals surface area contributed by atoms with Crippen LogP contribution in [-0.4, -0.2) is 50.4 Å². The van der Waals surface area contributed by atoms with E-state index < -0.39 is 0 Å². The standard InChI is InChI=1S/C15H20N4O3/c1-10-16-14(9-22-10)15(21)19-5-3-11(8-19)13-7-12(4-6-20)18(2)17-13/h7,9,11,20H,3-6,8H2,1-2H3. The van der Waals surface area contributed by atoms with Crippen LogP contribution in [0.5, 0.6) is 0 Å². The van der Waals surface area contributed by atoms with Gasteiger partial charge in [-0.3, -0.25) is 9.48 Å². The number of aliphatic hydroxyl groups is 1. The Balaban J connectivity index is 1.69. The maximum Gasteiger partial charge on any atom is 0.275 e. The summed E-state index contributed by atoms with van der Waals surface area (Å²) in [5, 5.41) is 13.6. The molecule has 22 heavy (non-hydrogen) atoms. The van der Waals surface area contributed by atoms with Gasteiger partial charge in [0.1, 0.15) is 6.26 Å². The quantitative estimate of drug-likeness (QED) is 0.906. The van der Waals surface area contributed by atoms with Crippen molar-refractivity contribution < 1.29 is 14.3 Å². The third-order valence-corrected chi connectivity index (χ3v) is 4.10. The summed E-state index contributed by atoms with van der Waals surface area (Å²) < 4.78 is 6.91. The van der Waals surface area contributed by atoms with Crippen LogP contribution in [0.2, 0.25) is 0 Å². The molecule has 0 saturated carbocycles. The van der Waals surface area contributed by atoms with Gasteiger partial charge in [0.15, 0.2) is 11.6 Å². The van der Waals surface area contributed by atoms with E-state index in [0.717, 1.165) is 17.8 Å². The lowest BCUT2D eigenvalue weighted by Gasteiger charge is -2.14. The number of carbonyl (C=O) groups is 1. The molecule has 7 heteroatoms. The van der Waals surface area contributed by atoms with Gasteiger partial charge in [-0.2, -0.15) is 5.10 Å². The van der Waals surface area contributed by atoms with E-state index in [0.29, 0.717) is 31.1 Å². The molecule has 0 bridgehead atoms. The number of aliphatic hydroxyl groups excluding tert-OH is 1. The Morgan fingerprint density at radius 3 is 3.05 bits per heavy atom. The average Bonchev–Trinajstić information content (AvgIpc) is 3.19. The molecule has 2 aromatic heterocycles. The lowest BCUT2D eigenvalue weighted by atomic mass is 10.0. The van der Waals surface area contributed by atoms with Gasteiger partial charge in [-0.1, -0.05) is 0 Å². The van der Waals surface area contributed by atoms with Crippen molar-refractivity contribution in [3.05, 3.63) is 35.3 Å². The molecule has 0 aromatic carbocycles. The van der Waals surface area contributed by atoms with Crippen molar-refractivity contribution >= 4 is 5.91 Å². The number of carbonyl (C=O) groups excluding carboxylic acids is 1. The summed E-state index contributed by atoms with van der Waals surface area (Å²) in [6.45, 7) is 3.17. The van der Waals surface area contributed by atoms with E-state index in [1.807, 2.05) is 13.1 Å². The maximum absolute atomic E-state index is 12.4. The van der Waals surface area contributed by atoms with Gasteiger partial charge in [-0.25, -0.2) is 4.98 Å². The van der Waals surface area contributed by atoms with Crippen LogP contribution in [0.4, 0.5) is 0 Å². The Morgan fingerprint density at radius 2 is 2.36 bits per heavy atom. The predicted octanol–water partition coefficient (Wildman–Crippen LogP) is 0.881. The summed E-state index contributed by atoms with van der Waals surface area (Å²) in [5.41, 5.74) is 2.35. The number of oxazole rings is 1. The van der Waals surface area contributed by atoms with Gasteiger partial charge in [0.25, 0.3) is 5.91 Å². The van der Waals surface area contributed by atoms with Crippen molar-refractivity contribution in [3.8, 4) is 0 Å². The molecule has 1 saturated heterocycles. The van der Waals surface area contributed by atoms with E-state index in [2.05, 4.69) is 10.1 Å². The van der Waals surface area contributed by atoms with Crippen LogP contribution in [0.15, 0.2) is 16.7 Å². The van der Waals surface area contributed by atoms with Gasteiger partial charge >= 0.3 is 0 Å². The first-order valence-corrected chi connectivity index (χ1v) is 7.43. The van der Waals surface area contributed by atoms with E-state index >= 15 is 0 Å². The zero-order valence-electron chi connectivity index (χ0n) is 12.8. The van der Waals surface area contributed by atoms with Crippen LogP contribution in [-0.2, 0) is 13.5 Å². The second-order valence-electron chi connectivity index (χ2n) is 5.65. The van der Waals surface area contributed by atoms with E-state index in [9.17, 15) is 4.79 Å². The fourth-order valence-corrected chi connectivity index (χ4v) is 2.89. The largest absolute Gasteiger partial charge is 0.448 e. The van der Waals surface area contributed by atoms with Crippen molar-refractivity contribution in [2.75, 3.05) is 19.7 Å². The average molecular weight is 304 g/mol. The Kier molecular flexibility index (Phi) is 3.98. The Bertz CT molecular complexity index is 676. The summed E-state index contributed by atoms with van der Waals surface area (Å²) in [6.07, 6.45) is 2.89. The number of amides is 1. The van der Waals surface area contributed by atoms with E-state index in [1.54, 1.807) is 16.5 Å². The highest BCUT2D eigenvalue weighted by Gasteiger charge is 2.30. The van der Waals surface area contributed by atoms with E-state index in [-0.39, 0.29) is 18.4 Å². The summed E-state index contributed by atoms with van der Waals surface area (Å²) >= 11 is 0. The number of likely N-dealkylation sites (tertiary alicyclic amines) is 1. The lowest BCUT2D eigenvalue weighted by molar-refractivity contribution is 0.0785. The van der Waals surface area contributed by atoms with Gasteiger partial charge < -0.3 is 14.4 Å². The molecule has 1 atom stereocenters. The first-order chi connectivity index (χ1) is 10.6. The van der Waals surface area contributed by atoms with Crippen LogP contribution in [0, 0.1) is 6.92 Å². The maximum atomic E-state index is 12.4. The summed E-state index contributed by atoms with van der Waals surface area (Å²) in [6, 6.07) is 2.02. The SMILES string of the molecule is Cc1nc(C(=O)N2CCC(c3cc(CCO)n(C)n3)C2)co1. The number of nitrogens with zero attached hydrogens (tertiary/aromatic N) is 4. The minimum absolute atomic E-state index is 0.0918. The molecule has 2 aromatic rings. The van der Waals surface area contributed by atoms with Crippen LogP contribution in [0.3, 0.4) is 0 Å². The third-order valence-electron chi connectivity index (χ3n) is 4.10. The second kappa shape index (κ2) is 5.92. The molecule has 7 nitrogen and oxygen atoms in total. The Morgan fingerprint density at radius 1 is 1.55 bits per heavy atom. The molecule has 1 amide bonds. The molecule has 0 spiro atoms. The Labute approximate surface area is 128 Å². The zero-order chi connectivity index (χ0) is 15.7. The zero-order valence-corrected chi connectivity index (χ0v) is 12.8. The minimum Gasteiger partial charge on any atom is -0.448 e. The monoisotopic (exact) mass is 304 g/mol. The molecule has 1 aliphatic heterocycles. The molecule has 3 heterocycles. The summed E-state index contributed by atoms with van der Waals surface area (Å²) in [5.74, 6) is 0.638. The van der Waals surface area contributed by atoms with Crippen molar-refractivity contribution in [2.24, 2.45) is 7.05 Å². The fraction of sp³-hybridized carbons (Fsp3) is 0.533. The van der Waals surface area contributed by atoms with Crippen molar-refractivity contribution in [1.82, 2.24) is 19.7 Å². The van der Waals surface area contributed by atoms with Crippen LogP contribution >= 0.6 is 0 Å². The number of aryl methyl sites for hydroxylation is 2. The van der Waals surface area contributed by atoms with Crippen LogP contribution in [0.1, 0.15) is 40.1 Å². The van der Waals surface area contributed by atoms with Gasteiger partial charge in [0.05, 0.1) is 5.69 Å². The summed E-state index contributed by atoms with van der Waals surface area (Å²) in [7, 11) is 1.88. The van der Waals surface area contributed by atoms with Crippen molar-refractivity contribution in [1.29, 1.82) is 0 Å². The molecule has 0 aliphatic carbocycles. The normalized spacial score (nSPS) is 18.1. The van der Waals surface area contributed by atoms with Crippen molar-refractivity contribution in [2.45, 2.75) is 25.7 Å². The fourth-order valence-electron chi connectivity index (χ4n) is 2.89.